The maximum atomic E-state index is 5.32. The van der Waals surface area contributed by atoms with Crippen LogP contribution in [0.25, 0.3) is 0 Å². The van der Waals surface area contributed by atoms with E-state index in [4.69, 9.17) is 4.74 Å². The number of rotatable bonds is 3. The largest absolute Gasteiger partial charge is 0.496 e. The second-order valence-corrected chi connectivity index (χ2v) is 5.17. The molecule has 0 aliphatic heterocycles. The second-order valence-electron chi connectivity index (χ2n) is 4.32. The van der Waals surface area contributed by atoms with Crippen molar-refractivity contribution in [2.24, 2.45) is 5.92 Å². The Bertz CT molecular complexity index is 360. The van der Waals surface area contributed by atoms with Gasteiger partial charge in [0.2, 0.25) is 0 Å². The minimum atomic E-state index is 0.851. The number of halogens is 1. The monoisotopic (exact) mass is 268 g/mol. The summed E-state index contributed by atoms with van der Waals surface area (Å²) in [5.74, 6) is 1.81. The van der Waals surface area contributed by atoms with Gasteiger partial charge < -0.3 is 4.74 Å². The summed E-state index contributed by atoms with van der Waals surface area (Å²) < 4.78 is 6.40. The summed E-state index contributed by atoms with van der Waals surface area (Å²) in [5, 5.41) is 0. The Balaban J connectivity index is 2.23. The molecule has 1 aromatic rings. The zero-order valence-electron chi connectivity index (χ0n) is 9.35. The van der Waals surface area contributed by atoms with Crippen LogP contribution in [0, 0.1) is 5.92 Å². The van der Waals surface area contributed by atoms with E-state index >= 15 is 0 Å². The van der Waals surface area contributed by atoms with Crippen molar-refractivity contribution < 1.29 is 4.74 Å². The van der Waals surface area contributed by atoms with E-state index < -0.39 is 0 Å². The van der Waals surface area contributed by atoms with Crippen molar-refractivity contribution >= 4 is 15.9 Å². The quantitative estimate of drug-likeness (QED) is 0.806. The van der Waals surface area contributed by atoms with Crippen molar-refractivity contribution in [1.29, 1.82) is 0 Å². The molecule has 0 spiro atoms. The van der Waals surface area contributed by atoms with Crippen LogP contribution in [0.1, 0.15) is 30.9 Å². The highest BCUT2D eigenvalue weighted by molar-refractivity contribution is 9.10. The Labute approximate surface area is 100.0 Å². The molecule has 0 N–H and O–H groups in total. The molecular weight excluding hydrogens is 252 g/mol. The molecule has 1 unspecified atom stereocenters. The van der Waals surface area contributed by atoms with Crippen LogP contribution in [-0.4, -0.2) is 7.11 Å². The van der Waals surface area contributed by atoms with Crippen LogP contribution in [-0.2, 0) is 12.8 Å². The van der Waals surface area contributed by atoms with Gasteiger partial charge in [-0.1, -0.05) is 19.8 Å². The van der Waals surface area contributed by atoms with E-state index in [1.807, 2.05) is 0 Å². The molecule has 0 heterocycles. The van der Waals surface area contributed by atoms with E-state index in [1.54, 1.807) is 7.11 Å². The molecule has 1 nitrogen and oxygen atoms in total. The highest BCUT2D eigenvalue weighted by atomic mass is 79.9. The third kappa shape index (κ3) is 2.20. The molecule has 2 heteroatoms. The van der Waals surface area contributed by atoms with Crippen LogP contribution >= 0.6 is 15.9 Å². The van der Waals surface area contributed by atoms with Crippen LogP contribution in [0.3, 0.4) is 0 Å². The molecule has 1 aliphatic rings. The lowest BCUT2D eigenvalue weighted by Crippen LogP contribution is -1.97. The zero-order valence-corrected chi connectivity index (χ0v) is 10.9. The van der Waals surface area contributed by atoms with E-state index in [9.17, 15) is 0 Å². The van der Waals surface area contributed by atoms with Crippen molar-refractivity contribution in [3.05, 3.63) is 27.7 Å². The SMILES string of the molecule is CCCC1Cc2cc(Br)c(OC)cc2C1. The normalized spacial score (nSPS) is 19.0. The second kappa shape index (κ2) is 4.56. The Morgan fingerprint density at radius 1 is 1.33 bits per heavy atom. The molecule has 1 atom stereocenters. The minimum absolute atomic E-state index is 0.851. The van der Waals surface area contributed by atoms with Gasteiger partial charge in [0.1, 0.15) is 5.75 Å². The Kier molecular flexibility index (Phi) is 3.35. The summed E-state index contributed by atoms with van der Waals surface area (Å²) in [4.78, 5) is 0. The molecule has 0 saturated heterocycles. The first-order valence-electron chi connectivity index (χ1n) is 5.60. The van der Waals surface area contributed by atoms with E-state index in [1.165, 1.54) is 36.8 Å². The molecule has 15 heavy (non-hydrogen) atoms. The van der Waals surface area contributed by atoms with Crippen molar-refractivity contribution in [3.8, 4) is 5.75 Å². The summed E-state index contributed by atoms with van der Waals surface area (Å²) in [7, 11) is 1.73. The first kappa shape index (κ1) is 11.0. The van der Waals surface area contributed by atoms with E-state index in [-0.39, 0.29) is 0 Å². The van der Waals surface area contributed by atoms with Crippen molar-refractivity contribution in [2.45, 2.75) is 32.6 Å². The highest BCUT2D eigenvalue weighted by Crippen LogP contribution is 2.36. The number of ether oxygens (including phenoxy) is 1. The highest BCUT2D eigenvalue weighted by Gasteiger charge is 2.22. The molecule has 0 amide bonds. The van der Waals surface area contributed by atoms with Gasteiger partial charge in [0, 0.05) is 0 Å². The molecular formula is C13H17BrO. The van der Waals surface area contributed by atoms with Gasteiger partial charge in [0.05, 0.1) is 11.6 Å². The topological polar surface area (TPSA) is 9.23 Å². The fraction of sp³-hybridized carbons (Fsp3) is 0.538. The van der Waals surface area contributed by atoms with Gasteiger partial charge in [-0.05, 0) is 57.9 Å². The maximum absolute atomic E-state index is 5.32. The molecule has 0 saturated carbocycles. The third-order valence-electron chi connectivity index (χ3n) is 3.19. The van der Waals surface area contributed by atoms with Crippen molar-refractivity contribution in [3.63, 3.8) is 0 Å². The predicted molar refractivity (Wildman–Crippen MR) is 66.5 cm³/mol. The molecule has 82 valence electrons. The standard InChI is InChI=1S/C13H17BrO/c1-3-4-9-5-10-7-12(14)13(15-2)8-11(10)6-9/h7-9H,3-6H2,1-2H3. The Hall–Kier alpha value is -0.500. The fourth-order valence-corrected chi connectivity index (χ4v) is 3.03. The fourth-order valence-electron chi connectivity index (χ4n) is 2.48. The number of methoxy groups -OCH3 is 1. The molecule has 0 aromatic heterocycles. The summed E-state index contributed by atoms with van der Waals surface area (Å²) in [6.45, 7) is 2.26. The van der Waals surface area contributed by atoms with Gasteiger partial charge in [-0.15, -0.1) is 0 Å². The molecule has 1 aliphatic carbocycles. The summed E-state index contributed by atoms with van der Waals surface area (Å²) in [5.41, 5.74) is 2.98. The number of hydrogen-bond donors (Lipinski definition) is 0. The van der Waals surface area contributed by atoms with Gasteiger partial charge in [-0.25, -0.2) is 0 Å². The lowest BCUT2D eigenvalue weighted by atomic mass is 10.0. The molecule has 0 radical (unpaired) electrons. The molecule has 0 bridgehead atoms. The average Bonchev–Trinajstić information content (AvgIpc) is 2.58. The van der Waals surface area contributed by atoms with E-state index in [0.29, 0.717) is 0 Å². The average molecular weight is 269 g/mol. The zero-order chi connectivity index (χ0) is 10.8. The molecule has 2 rings (SSSR count). The van der Waals surface area contributed by atoms with Crippen LogP contribution in [0.4, 0.5) is 0 Å². The van der Waals surface area contributed by atoms with Crippen molar-refractivity contribution in [2.75, 3.05) is 7.11 Å². The molecule has 0 fully saturated rings. The molecule has 1 aromatic carbocycles. The first-order valence-corrected chi connectivity index (χ1v) is 6.39. The summed E-state index contributed by atoms with van der Waals surface area (Å²) >= 11 is 3.54. The third-order valence-corrected chi connectivity index (χ3v) is 3.81. The van der Waals surface area contributed by atoms with Crippen molar-refractivity contribution in [1.82, 2.24) is 0 Å². The van der Waals surface area contributed by atoms with Crippen LogP contribution in [0.5, 0.6) is 5.75 Å². The first-order chi connectivity index (χ1) is 7.24. The van der Waals surface area contributed by atoms with Gasteiger partial charge in [0.25, 0.3) is 0 Å². The van der Waals surface area contributed by atoms with Crippen LogP contribution in [0.15, 0.2) is 16.6 Å². The number of benzene rings is 1. The van der Waals surface area contributed by atoms with Gasteiger partial charge in [-0.2, -0.15) is 0 Å². The van der Waals surface area contributed by atoms with E-state index in [0.717, 1.165) is 16.1 Å². The maximum Gasteiger partial charge on any atom is 0.133 e. The lowest BCUT2D eigenvalue weighted by Gasteiger charge is -2.06. The Morgan fingerprint density at radius 2 is 2.00 bits per heavy atom. The van der Waals surface area contributed by atoms with Gasteiger partial charge >= 0.3 is 0 Å². The summed E-state index contributed by atoms with van der Waals surface area (Å²) in [6, 6.07) is 4.42. The van der Waals surface area contributed by atoms with Crippen LogP contribution in [0.2, 0.25) is 0 Å². The van der Waals surface area contributed by atoms with Gasteiger partial charge in [0.15, 0.2) is 0 Å². The number of hydrogen-bond acceptors (Lipinski definition) is 1. The van der Waals surface area contributed by atoms with E-state index in [2.05, 4.69) is 35.0 Å². The summed E-state index contributed by atoms with van der Waals surface area (Å²) in [6.07, 6.45) is 5.10. The minimum Gasteiger partial charge on any atom is -0.496 e. The lowest BCUT2D eigenvalue weighted by molar-refractivity contribution is 0.411. The van der Waals surface area contributed by atoms with Crippen LogP contribution < -0.4 is 4.74 Å². The van der Waals surface area contributed by atoms with Gasteiger partial charge in [-0.3, -0.25) is 0 Å². The predicted octanol–water partition coefficient (Wildman–Crippen LogP) is 3.97. The Morgan fingerprint density at radius 3 is 2.60 bits per heavy atom. The number of fused-ring (bicyclic) bond motifs is 1. The smallest absolute Gasteiger partial charge is 0.133 e.